The van der Waals surface area contributed by atoms with Gasteiger partial charge in [0.1, 0.15) is 11.0 Å². The molecule has 1 aliphatic carbocycles. The molecule has 0 saturated heterocycles. The number of hydrogen-bond acceptors (Lipinski definition) is 6. The van der Waals surface area contributed by atoms with Gasteiger partial charge in [-0.15, -0.1) is 11.3 Å². The van der Waals surface area contributed by atoms with Crippen LogP contribution in [0, 0.1) is 0 Å². The van der Waals surface area contributed by atoms with E-state index in [2.05, 4.69) is 10.6 Å². The number of anilines is 1. The molecule has 1 amide bonds. The second kappa shape index (κ2) is 10.4. The van der Waals surface area contributed by atoms with Crippen LogP contribution in [-0.4, -0.2) is 35.6 Å². The molecule has 160 valence electrons. The lowest BCUT2D eigenvalue weighted by Crippen LogP contribution is -2.39. The van der Waals surface area contributed by atoms with Crippen molar-refractivity contribution in [3.8, 4) is 0 Å². The number of thiophene rings is 1. The highest BCUT2D eigenvalue weighted by Gasteiger charge is 2.28. The van der Waals surface area contributed by atoms with Crippen LogP contribution in [0.15, 0.2) is 30.3 Å². The molecule has 0 bridgehead atoms. The van der Waals surface area contributed by atoms with Crippen LogP contribution in [0.2, 0.25) is 0 Å². The van der Waals surface area contributed by atoms with Crippen LogP contribution in [0.25, 0.3) is 0 Å². The minimum absolute atomic E-state index is 0.243. The third-order valence-electron chi connectivity index (χ3n) is 4.99. The average Bonchev–Trinajstić information content (AvgIpc) is 3.09. The van der Waals surface area contributed by atoms with Gasteiger partial charge in [-0.05, 0) is 43.7 Å². The first-order chi connectivity index (χ1) is 14.5. The van der Waals surface area contributed by atoms with E-state index >= 15 is 0 Å². The summed E-state index contributed by atoms with van der Waals surface area (Å²) >= 11 is 1.39. The fourth-order valence-electron chi connectivity index (χ4n) is 3.52. The average molecular weight is 431 g/mol. The van der Waals surface area contributed by atoms with Crippen LogP contribution in [0.3, 0.4) is 0 Å². The lowest BCUT2D eigenvalue weighted by molar-refractivity contribution is -0.141. The number of aryl methyl sites for hydroxylation is 1. The molecule has 2 aromatic rings. The molecule has 1 heterocycles. The molecular weight excluding hydrogens is 404 g/mol. The second-order valence-corrected chi connectivity index (χ2v) is 8.25. The number of fused-ring (bicyclic) bond motifs is 1. The van der Waals surface area contributed by atoms with Crippen molar-refractivity contribution < 1.29 is 24.2 Å². The number of nitrogens with one attached hydrogen (secondary N) is 2. The molecule has 7 nitrogen and oxygen atoms in total. The number of carbonyl (C=O) groups is 3. The van der Waals surface area contributed by atoms with Gasteiger partial charge in [0.05, 0.1) is 18.6 Å². The Labute approximate surface area is 179 Å². The number of amides is 1. The highest BCUT2D eigenvalue weighted by molar-refractivity contribution is 7.17. The smallest absolute Gasteiger partial charge is 0.341 e. The number of hydrogen-bond donors (Lipinski definition) is 3. The largest absolute Gasteiger partial charge is 0.480 e. The molecule has 3 N–H and O–H groups in total. The number of aliphatic carboxylic acids is 1. The van der Waals surface area contributed by atoms with Crippen LogP contribution in [0.5, 0.6) is 0 Å². The summed E-state index contributed by atoms with van der Waals surface area (Å²) in [6, 6.07) is 8.35. The van der Waals surface area contributed by atoms with E-state index in [9.17, 15) is 19.5 Å². The normalized spacial score (nSPS) is 13.9. The molecule has 0 fully saturated rings. The summed E-state index contributed by atoms with van der Waals surface area (Å²) in [7, 11) is 0. The molecule has 8 heteroatoms. The van der Waals surface area contributed by atoms with Gasteiger partial charge >= 0.3 is 11.9 Å². The van der Waals surface area contributed by atoms with E-state index in [0.29, 0.717) is 17.1 Å². The van der Waals surface area contributed by atoms with Crippen LogP contribution in [0.1, 0.15) is 52.5 Å². The lowest BCUT2D eigenvalue weighted by Gasteiger charge is -2.15. The predicted octanol–water partition coefficient (Wildman–Crippen LogP) is 3.38. The Bertz CT molecular complexity index is 910. The fourth-order valence-corrected chi connectivity index (χ4v) is 4.81. The van der Waals surface area contributed by atoms with Gasteiger partial charge in [-0.1, -0.05) is 30.3 Å². The Morgan fingerprint density at radius 1 is 1.17 bits per heavy atom. The van der Waals surface area contributed by atoms with E-state index in [0.717, 1.165) is 41.7 Å². The van der Waals surface area contributed by atoms with Crippen molar-refractivity contribution in [3.63, 3.8) is 0 Å². The quantitative estimate of drug-likeness (QED) is 0.527. The SMILES string of the molecule is CCOC(=O)c1c(NC(=O)C[C@@H](NCc2ccccc2)C(=O)O)sc2c1CCCC2. The molecule has 3 rings (SSSR count). The predicted molar refractivity (Wildman–Crippen MR) is 115 cm³/mol. The number of benzene rings is 1. The monoisotopic (exact) mass is 430 g/mol. The molecule has 1 aliphatic rings. The second-order valence-electron chi connectivity index (χ2n) is 7.15. The summed E-state index contributed by atoms with van der Waals surface area (Å²) in [6.45, 7) is 2.33. The van der Waals surface area contributed by atoms with Gasteiger partial charge in [0.25, 0.3) is 0 Å². The molecule has 30 heavy (non-hydrogen) atoms. The summed E-state index contributed by atoms with van der Waals surface area (Å²) in [5, 5.41) is 15.6. The number of rotatable bonds is 9. The van der Waals surface area contributed by atoms with Gasteiger partial charge in [-0.3, -0.25) is 14.9 Å². The number of carboxylic acid groups (broad SMARTS) is 1. The summed E-state index contributed by atoms with van der Waals surface area (Å²) in [6.07, 6.45) is 3.46. The zero-order valence-electron chi connectivity index (χ0n) is 16.9. The molecule has 0 aliphatic heterocycles. The standard InChI is InChI=1S/C22H26N2O5S/c1-2-29-22(28)19-15-10-6-7-11-17(15)30-20(19)24-18(25)12-16(21(26)27)23-13-14-8-4-3-5-9-14/h3-5,8-9,16,23H,2,6-7,10-13H2,1H3,(H,24,25)(H,26,27)/t16-/m1/s1. The van der Waals surface area contributed by atoms with E-state index in [-0.39, 0.29) is 13.0 Å². The first kappa shape index (κ1) is 22.0. The highest BCUT2D eigenvalue weighted by Crippen LogP contribution is 2.38. The Balaban J connectivity index is 1.70. The molecule has 0 saturated carbocycles. The van der Waals surface area contributed by atoms with E-state index in [1.54, 1.807) is 6.92 Å². The van der Waals surface area contributed by atoms with Crippen molar-refractivity contribution in [1.82, 2.24) is 5.32 Å². The molecule has 1 aromatic heterocycles. The number of esters is 1. The lowest BCUT2D eigenvalue weighted by atomic mass is 9.95. The third-order valence-corrected chi connectivity index (χ3v) is 6.19. The Morgan fingerprint density at radius 2 is 1.90 bits per heavy atom. The van der Waals surface area contributed by atoms with Gasteiger partial charge in [-0.2, -0.15) is 0 Å². The van der Waals surface area contributed by atoms with Crippen molar-refractivity contribution >= 4 is 34.2 Å². The summed E-state index contributed by atoms with van der Waals surface area (Å²) in [4.78, 5) is 37.8. The first-order valence-corrected chi connectivity index (χ1v) is 10.9. The highest BCUT2D eigenvalue weighted by atomic mass is 32.1. The zero-order chi connectivity index (χ0) is 21.5. The van der Waals surface area contributed by atoms with Gasteiger partial charge in [0.2, 0.25) is 5.91 Å². The van der Waals surface area contributed by atoms with Crippen molar-refractivity contribution in [2.24, 2.45) is 0 Å². The summed E-state index contributed by atoms with van der Waals surface area (Å²) in [5.74, 6) is -1.99. The van der Waals surface area contributed by atoms with E-state index in [4.69, 9.17) is 4.74 Å². The Kier molecular flexibility index (Phi) is 7.59. The first-order valence-electron chi connectivity index (χ1n) is 10.1. The topological polar surface area (TPSA) is 105 Å². The van der Waals surface area contributed by atoms with Crippen molar-refractivity contribution in [2.75, 3.05) is 11.9 Å². The van der Waals surface area contributed by atoms with Gasteiger partial charge < -0.3 is 15.2 Å². The number of carboxylic acids is 1. The fraction of sp³-hybridized carbons (Fsp3) is 0.409. The zero-order valence-corrected chi connectivity index (χ0v) is 17.7. The maximum atomic E-state index is 12.6. The molecule has 0 spiro atoms. The maximum absolute atomic E-state index is 12.6. The number of ether oxygens (including phenoxy) is 1. The van der Waals surface area contributed by atoms with Gasteiger partial charge in [0.15, 0.2) is 0 Å². The molecule has 0 radical (unpaired) electrons. The van der Waals surface area contributed by atoms with Crippen molar-refractivity contribution in [1.29, 1.82) is 0 Å². The van der Waals surface area contributed by atoms with E-state index in [1.807, 2.05) is 30.3 Å². The minimum atomic E-state index is -1.10. The van der Waals surface area contributed by atoms with Gasteiger partial charge in [-0.25, -0.2) is 4.79 Å². The summed E-state index contributed by atoms with van der Waals surface area (Å²) in [5.41, 5.74) is 2.31. The van der Waals surface area contributed by atoms with Gasteiger partial charge in [0, 0.05) is 11.4 Å². The van der Waals surface area contributed by atoms with Crippen LogP contribution < -0.4 is 10.6 Å². The molecule has 1 aromatic carbocycles. The third kappa shape index (κ3) is 5.46. The minimum Gasteiger partial charge on any atom is -0.480 e. The number of carbonyl (C=O) groups excluding carboxylic acids is 2. The van der Waals surface area contributed by atoms with Crippen molar-refractivity contribution in [3.05, 3.63) is 51.9 Å². The van der Waals surface area contributed by atoms with Crippen molar-refractivity contribution in [2.45, 2.75) is 51.6 Å². The van der Waals surface area contributed by atoms with Crippen LogP contribution >= 0.6 is 11.3 Å². The van der Waals surface area contributed by atoms with E-state index in [1.165, 1.54) is 11.3 Å². The molecular formula is C22H26N2O5S. The molecule has 1 atom stereocenters. The maximum Gasteiger partial charge on any atom is 0.341 e. The Morgan fingerprint density at radius 3 is 2.60 bits per heavy atom. The Hall–Kier alpha value is -2.71. The summed E-state index contributed by atoms with van der Waals surface area (Å²) < 4.78 is 5.19. The molecule has 0 unspecified atom stereocenters. The van der Waals surface area contributed by atoms with Crippen LogP contribution in [-0.2, 0) is 33.7 Å². The van der Waals surface area contributed by atoms with Crippen LogP contribution in [0.4, 0.5) is 5.00 Å². The van der Waals surface area contributed by atoms with E-state index < -0.39 is 23.9 Å².